The van der Waals surface area contributed by atoms with E-state index in [0.29, 0.717) is 11.1 Å². The van der Waals surface area contributed by atoms with E-state index in [0.717, 1.165) is 20.9 Å². The lowest BCUT2D eigenvalue weighted by Gasteiger charge is -2.13. The Labute approximate surface area is 171 Å². The molecule has 0 heterocycles. The molecule has 0 fully saturated rings. The second-order valence-corrected chi connectivity index (χ2v) is 8.34. The van der Waals surface area contributed by atoms with Crippen LogP contribution in [0.25, 0.3) is 22.3 Å². The van der Waals surface area contributed by atoms with E-state index < -0.39 is 0 Å². The molecule has 0 amide bonds. The van der Waals surface area contributed by atoms with Gasteiger partial charge in [0.05, 0.1) is 0 Å². The van der Waals surface area contributed by atoms with Crippen LogP contribution in [0.3, 0.4) is 0 Å². The van der Waals surface area contributed by atoms with Crippen LogP contribution in [0.2, 0.25) is 0 Å². The summed E-state index contributed by atoms with van der Waals surface area (Å²) in [5.41, 5.74) is 2.79. The first-order valence-corrected chi connectivity index (χ1v) is 10.9. The van der Waals surface area contributed by atoms with Crippen LogP contribution in [0.1, 0.15) is 0 Å². The van der Waals surface area contributed by atoms with Gasteiger partial charge in [0.25, 0.3) is 0 Å². The summed E-state index contributed by atoms with van der Waals surface area (Å²) in [7, 11) is 2.87. The van der Waals surface area contributed by atoms with Gasteiger partial charge in [-0.3, -0.25) is 0 Å². The van der Waals surface area contributed by atoms with Crippen LogP contribution in [-0.2, 0) is 0 Å². The van der Waals surface area contributed by atoms with Gasteiger partial charge in [0.15, 0.2) is 0 Å². The lowest BCUT2D eigenvalue weighted by Crippen LogP contribution is -1.88. The van der Waals surface area contributed by atoms with Gasteiger partial charge in [-0.2, -0.15) is 0 Å². The summed E-state index contributed by atoms with van der Waals surface area (Å²) >= 11 is 0. The number of hydrogen-bond acceptors (Lipinski definition) is 2. The van der Waals surface area contributed by atoms with E-state index in [-0.39, 0.29) is 11.6 Å². The van der Waals surface area contributed by atoms with Gasteiger partial charge in [-0.25, -0.2) is 8.78 Å². The average molecular weight is 407 g/mol. The maximum atomic E-state index is 14.6. The molecule has 0 N–H and O–H groups in total. The highest BCUT2D eigenvalue weighted by Gasteiger charge is 2.15. The first kappa shape index (κ1) is 18.8. The minimum absolute atomic E-state index is 0.265. The summed E-state index contributed by atoms with van der Waals surface area (Å²) in [6.45, 7) is 0. The normalized spacial score (nSPS) is 10.8. The SMILES string of the molecule is Fc1cccc(SSc2cccc(F)c2-c2ccccc2)c1-c1ccccc1. The van der Waals surface area contributed by atoms with E-state index >= 15 is 0 Å². The van der Waals surface area contributed by atoms with Crippen molar-refractivity contribution in [1.82, 2.24) is 0 Å². The third kappa shape index (κ3) is 3.98. The molecule has 138 valence electrons. The Morgan fingerprint density at radius 3 is 1.21 bits per heavy atom. The minimum Gasteiger partial charge on any atom is -0.206 e. The third-order valence-corrected chi connectivity index (χ3v) is 6.75. The van der Waals surface area contributed by atoms with E-state index in [2.05, 4.69) is 0 Å². The van der Waals surface area contributed by atoms with Crippen molar-refractivity contribution in [3.05, 3.63) is 109 Å². The topological polar surface area (TPSA) is 0 Å². The van der Waals surface area contributed by atoms with Gasteiger partial charge in [-0.15, -0.1) is 0 Å². The Bertz CT molecular complexity index is 991. The van der Waals surface area contributed by atoms with Crippen LogP contribution in [0.5, 0.6) is 0 Å². The molecule has 0 aliphatic rings. The molecule has 28 heavy (non-hydrogen) atoms. The number of halogens is 2. The molecule has 4 aromatic carbocycles. The van der Waals surface area contributed by atoms with Gasteiger partial charge in [-0.05, 0) is 35.4 Å². The zero-order valence-corrected chi connectivity index (χ0v) is 16.4. The number of benzene rings is 4. The van der Waals surface area contributed by atoms with Gasteiger partial charge in [0, 0.05) is 20.9 Å². The average Bonchev–Trinajstić information content (AvgIpc) is 2.73. The van der Waals surface area contributed by atoms with Crippen molar-refractivity contribution in [3.63, 3.8) is 0 Å². The molecule has 0 aromatic heterocycles. The molecule has 0 nitrogen and oxygen atoms in total. The summed E-state index contributed by atoms with van der Waals surface area (Å²) in [6, 6.07) is 29.1. The van der Waals surface area contributed by atoms with Crippen LogP contribution >= 0.6 is 21.6 Å². The van der Waals surface area contributed by atoms with E-state index in [1.165, 1.54) is 33.7 Å². The molecule has 0 aliphatic heterocycles. The van der Waals surface area contributed by atoms with Crippen LogP contribution in [0, 0.1) is 11.6 Å². The summed E-state index contributed by atoms with van der Waals surface area (Å²) in [5.74, 6) is -0.529. The van der Waals surface area contributed by atoms with E-state index in [1.54, 1.807) is 12.1 Å². The van der Waals surface area contributed by atoms with Crippen molar-refractivity contribution in [2.75, 3.05) is 0 Å². The fourth-order valence-electron chi connectivity index (χ4n) is 3.01. The summed E-state index contributed by atoms with van der Waals surface area (Å²) in [6.07, 6.45) is 0. The quantitative estimate of drug-likeness (QED) is 0.307. The molecule has 4 aromatic rings. The molecular weight excluding hydrogens is 390 g/mol. The Morgan fingerprint density at radius 1 is 0.429 bits per heavy atom. The van der Waals surface area contributed by atoms with Crippen LogP contribution in [0.4, 0.5) is 8.78 Å². The molecule has 0 saturated heterocycles. The van der Waals surface area contributed by atoms with E-state index in [1.807, 2.05) is 72.8 Å². The largest absolute Gasteiger partial charge is 0.206 e. The summed E-state index contributed by atoms with van der Waals surface area (Å²) in [5, 5.41) is 0. The molecule has 0 unspecified atom stereocenters. The maximum Gasteiger partial charge on any atom is 0.132 e. The number of hydrogen-bond donors (Lipinski definition) is 0. The van der Waals surface area contributed by atoms with Gasteiger partial charge < -0.3 is 0 Å². The second kappa shape index (κ2) is 8.63. The fraction of sp³-hybridized carbons (Fsp3) is 0. The highest BCUT2D eigenvalue weighted by molar-refractivity contribution is 8.76. The van der Waals surface area contributed by atoms with Crippen molar-refractivity contribution in [2.24, 2.45) is 0 Å². The van der Waals surface area contributed by atoms with Crippen LogP contribution in [-0.4, -0.2) is 0 Å². The lowest BCUT2D eigenvalue weighted by atomic mass is 10.1. The summed E-state index contributed by atoms with van der Waals surface area (Å²) in [4.78, 5) is 1.61. The van der Waals surface area contributed by atoms with Gasteiger partial charge in [0.2, 0.25) is 0 Å². The Morgan fingerprint density at radius 2 is 0.821 bits per heavy atom. The monoisotopic (exact) mass is 406 g/mol. The van der Waals surface area contributed by atoms with Crippen molar-refractivity contribution < 1.29 is 8.78 Å². The Kier molecular flexibility index (Phi) is 5.79. The zero-order valence-electron chi connectivity index (χ0n) is 14.8. The highest BCUT2D eigenvalue weighted by Crippen LogP contribution is 2.46. The smallest absolute Gasteiger partial charge is 0.132 e. The molecule has 0 atom stereocenters. The maximum absolute atomic E-state index is 14.6. The fourth-order valence-corrected chi connectivity index (χ4v) is 5.42. The first-order chi connectivity index (χ1) is 13.7. The Balaban J connectivity index is 1.69. The molecular formula is C24H16F2S2. The molecule has 0 saturated carbocycles. The standard InChI is InChI=1S/C24H16F2S2/c25-19-13-7-15-21(23(19)17-9-3-1-4-10-17)27-28-22-16-8-14-20(26)24(22)18-11-5-2-6-12-18/h1-16H. The molecule has 0 bridgehead atoms. The minimum atomic E-state index is -0.265. The Hall–Kier alpha value is -2.56. The second-order valence-electron chi connectivity index (χ2n) is 6.12. The predicted octanol–water partition coefficient (Wildman–Crippen LogP) is 8.10. The molecule has 4 rings (SSSR count). The predicted molar refractivity (Wildman–Crippen MR) is 115 cm³/mol. The summed E-state index contributed by atoms with van der Waals surface area (Å²) < 4.78 is 29.2. The van der Waals surface area contributed by atoms with Crippen molar-refractivity contribution >= 4 is 21.6 Å². The van der Waals surface area contributed by atoms with Crippen molar-refractivity contribution in [3.8, 4) is 22.3 Å². The van der Waals surface area contributed by atoms with Crippen molar-refractivity contribution in [1.29, 1.82) is 0 Å². The third-order valence-electron chi connectivity index (χ3n) is 4.30. The van der Waals surface area contributed by atoms with Gasteiger partial charge in [0.1, 0.15) is 11.6 Å². The van der Waals surface area contributed by atoms with Crippen LogP contribution < -0.4 is 0 Å². The molecule has 0 radical (unpaired) electrons. The molecule has 4 heteroatoms. The van der Waals surface area contributed by atoms with E-state index in [4.69, 9.17) is 0 Å². The van der Waals surface area contributed by atoms with Gasteiger partial charge >= 0.3 is 0 Å². The molecule has 0 aliphatic carbocycles. The van der Waals surface area contributed by atoms with Crippen molar-refractivity contribution in [2.45, 2.75) is 9.79 Å². The highest BCUT2D eigenvalue weighted by atomic mass is 33.1. The van der Waals surface area contributed by atoms with E-state index in [9.17, 15) is 8.78 Å². The zero-order chi connectivity index (χ0) is 19.3. The van der Waals surface area contributed by atoms with Crippen LogP contribution in [0.15, 0.2) is 107 Å². The lowest BCUT2D eigenvalue weighted by molar-refractivity contribution is 0.628. The number of rotatable bonds is 5. The molecule has 0 spiro atoms. The first-order valence-electron chi connectivity index (χ1n) is 8.76. The van der Waals surface area contributed by atoms with Gasteiger partial charge in [-0.1, -0.05) is 94.4 Å².